The van der Waals surface area contributed by atoms with Crippen LogP contribution >= 0.6 is 0 Å². The Balaban J connectivity index is 1.68. The van der Waals surface area contributed by atoms with Crippen molar-refractivity contribution >= 4 is 22.1 Å². The maximum Gasteiger partial charge on any atom is 0.274 e. The van der Waals surface area contributed by atoms with Gasteiger partial charge in [0.25, 0.3) is 5.56 Å². The van der Waals surface area contributed by atoms with Gasteiger partial charge in [-0.3, -0.25) is 4.79 Å². The molecular formula is C21H17FN4O. The Hall–Kier alpha value is -3.67. The molecule has 5 nitrogen and oxygen atoms in total. The lowest BCUT2D eigenvalue weighted by molar-refractivity contribution is 0.615. The number of fused-ring (bicyclic) bond motifs is 1. The van der Waals surface area contributed by atoms with E-state index >= 15 is 0 Å². The monoisotopic (exact) mass is 360 g/mol. The molecule has 0 saturated heterocycles. The molecule has 27 heavy (non-hydrogen) atoms. The van der Waals surface area contributed by atoms with Crippen molar-refractivity contribution < 1.29 is 4.39 Å². The first-order valence-corrected chi connectivity index (χ1v) is 8.41. The quantitative estimate of drug-likeness (QED) is 0.548. The first-order chi connectivity index (χ1) is 13.0. The summed E-state index contributed by atoms with van der Waals surface area (Å²) in [4.78, 5) is 12.6. The molecule has 0 aliphatic heterocycles. The smallest absolute Gasteiger partial charge is 0.274 e. The molecular weight excluding hydrogens is 343 g/mol. The predicted octanol–water partition coefficient (Wildman–Crippen LogP) is 3.42. The third-order valence-electron chi connectivity index (χ3n) is 4.53. The molecule has 4 N–H and O–H groups in total. The summed E-state index contributed by atoms with van der Waals surface area (Å²) in [5.74, 6) is -0.398. The molecule has 3 aromatic carbocycles. The summed E-state index contributed by atoms with van der Waals surface area (Å²) in [6.45, 7) is 0.185. The Kier molecular flexibility index (Phi) is 4.08. The van der Waals surface area contributed by atoms with Crippen LogP contribution in [0.15, 0.2) is 71.7 Å². The van der Waals surface area contributed by atoms with Crippen molar-refractivity contribution in [2.24, 2.45) is 0 Å². The molecule has 6 heteroatoms. The van der Waals surface area contributed by atoms with Gasteiger partial charge in [-0.15, -0.1) is 0 Å². The van der Waals surface area contributed by atoms with E-state index in [4.69, 9.17) is 11.5 Å². The maximum atomic E-state index is 14.6. The Morgan fingerprint density at radius 1 is 0.963 bits per heavy atom. The van der Waals surface area contributed by atoms with Gasteiger partial charge >= 0.3 is 0 Å². The van der Waals surface area contributed by atoms with Gasteiger partial charge in [-0.05, 0) is 35.4 Å². The summed E-state index contributed by atoms with van der Waals surface area (Å²) in [6, 6.07) is 17.1. The Morgan fingerprint density at radius 3 is 2.56 bits per heavy atom. The van der Waals surface area contributed by atoms with Gasteiger partial charge in [0, 0.05) is 10.9 Å². The summed E-state index contributed by atoms with van der Waals surface area (Å²) < 4.78 is 16.0. The topological polar surface area (TPSA) is 86.9 Å². The number of aromatic nitrogens is 2. The summed E-state index contributed by atoms with van der Waals surface area (Å²) >= 11 is 0. The van der Waals surface area contributed by atoms with Gasteiger partial charge in [0.2, 0.25) is 0 Å². The van der Waals surface area contributed by atoms with Crippen LogP contribution in [0.3, 0.4) is 0 Å². The molecule has 0 saturated carbocycles. The molecule has 4 rings (SSSR count). The Bertz CT molecular complexity index is 1220. The number of nitrogens with zero attached hydrogens (tertiary/aromatic N) is 2. The largest absolute Gasteiger partial charge is 0.397 e. The van der Waals surface area contributed by atoms with Crippen molar-refractivity contribution in [3.05, 3.63) is 88.6 Å². The van der Waals surface area contributed by atoms with E-state index in [0.717, 1.165) is 5.39 Å². The first kappa shape index (κ1) is 16.8. The molecule has 0 aliphatic rings. The summed E-state index contributed by atoms with van der Waals surface area (Å²) in [5, 5.41) is 5.55. The number of hydrogen-bond acceptors (Lipinski definition) is 4. The highest BCUT2D eigenvalue weighted by molar-refractivity contribution is 5.80. The average Bonchev–Trinajstić information content (AvgIpc) is 2.67. The van der Waals surface area contributed by atoms with Gasteiger partial charge in [0.05, 0.1) is 29.5 Å². The summed E-state index contributed by atoms with van der Waals surface area (Å²) in [7, 11) is 0. The molecule has 4 aromatic rings. The number of anilines is 2. The normalized spacial score (nSPS) is 11.0. The third-order valence-corrected chi connectivity index (χ3v) is 4.53. The minimum atomic E-state index is -0.398. The lowest BCUT2D eigenvalue weighted by Crippen LogP contribution is -2.23. The van der Waals surface area contributed by atoms with Crippen LogP contribution in [0.1, 0.15) is 5.56 Å². The highest BCUT2D eigenvalue weighted by Gasteiger charge is 2.10. The van der Waals surface area contributed by atoms with E-state index in [1.54, 1.807) is 48.7 Å². The fourth-order valence-corrected chi connectivity index (χ4v) is 3.05. The molecule has 0 atom stereocenters. The van der Waals surface area contributed by atoms with Crippen LogP contribution in [-0.4, -0.2) is 9.78 Å². The van der Waals surface area contributed by atoms with Crippen LogP contribution in [0.25, 0.3) is 21.9 Å². The van der Waals surface area contributed by atoms with Gasteiger partial charge in [-0.2, -0.15) is 5.10 Å². The number of nitrogen functional groups attached to an aromatic ring is 2. The van der Waals surface area contributed by atoms with Crippen molar-refractivity contribution in [1.29, 1.82) is 0 Å². The van der Waals surface area contributed by atoms with Crippen LogP contribution in [0, 0.1) is 5.82 Å². The third kappa shape index (κ3) is 3.13. The highest BCUT2D eigenvalue weighted by atomic mass is 19.1. The van der Waals surface area contributed by atoms with Gasteiger partial charge < -0.3 is 11.5 Å². The van der Waals surface area contributed by atoms with Crippen LogP contribution in [0.4, 0.5) is 15.8 Å². The molecule has 134 valence electrons. The van der Waals surface area contributed by atoms with Crippen LogP contribution in [-0.2, 0) is 6.54 Å². The standard InChI is InChI=1S/C21H17FN4O/c22-18-9-13(5-7-16(18)14-6-8-19(23)20(24)10-14)12-26-21(27)17-4-2-1-3-15(17)11-25-26/h1-11H,12,23-24H2. The van der Waals surface area contributed by atoms with Gasteiger partial charge in [-0.1, -0.05) is 36.4 Å². The SMILES string of the molecule is Nc1ccc(-c2ccc(Cn3ncc4ccccc4c3=O)cc2F)cc1N. The molecule has 1 heterocycles. The highest BCUT2D eigenvalue weighted by Crippen LogP contribution is 2.28. The molecule has 0 aliphatic carbocycles. The second-order valence-electron chi connectivity index (χ2n) is 6.35. The fourth-order valence-electron chi connectivity index (χ4n) is 3.05. The molecule has 0 fully saturated rings. The molecule has 0 bridgehead atoms. The average molecular weight is 360 g/mol. The molecule has 0 spiro atoms. The van der Waals surface area contributed by atoms with E-state index < -0.39 is 5.82 Å². The van der Waals surface area contributed by atoms with Gasteiger partial charge in [0.1, 0.15) is 5.82 Å². The molecule has 1 aromatic heterocycles. The molecule has 0 radical (unpaired) electrons. The van der Waals surface area contributed by atoms with E-state index in [0.29, 0.717) is 33.5 Å². The maximum absolute atomic E-state index is 14.6. The lowest BCUT2D eigenvalue weighted by Gasteiger charge is -2.10. The van der Waals surface area contributed by atoms with Crippen molar-refractivity contribution in [3.8, 4) is 11.1 Å². The zero-order valence-electron chi connectivity index (χ0n) is 14.4. The first-order valence-electron chi connectivity index (χ1n) is 8.41. The van der Waals surface area contributed by atoms with Crippen molar-refractivity contribution in [2.45, 2.75) is 6.54 Å². The van der Waals surface area contributed by atoms with E-state index in [9.17, 15) is 9.18 Å². The molecule has 0 unspecified atom stereocenters. The number of halogens is 1. The summed E-state index contributed by atoms with van der Waals surface area (Å²) in [5.41, 5.74) is 13.9. The van der Waals surface area contributed by atoms with Gasteiger partial charge in [-0.25, -0.2) is 9.07 Å². The summed E-state index contributed by atoms with van der Waals surface area (Å²) in [6.07, 6.45) is 1.64. The second kappa shape index (κ2) is 6.57. The van der Waals surface area contributed by atoms with Crippen LogP contribution in [0.5, 0.6) is 0 Å². The van der Waals surface area contributed by atoms with Crippen LogP contribution in [0.2, 0.25) is 0 Å². The number of benzene rings is 3. The zero-order chi connectivity index (χ0) is 19.0. The van der Waals surface area contributed by atoms with E-state index in [1.165, 1.54) is 10.7 Å². The van der Waals surface area contributed by atoms with Crippen molar-refractivity contribution in [3.63, 3.8) is 0 Å². The van der Waals surface area contributed by atoms with E-state index in [2.05, 4.69) is 5.10 Å². The van der Waals surface area contributed by atoms with Gasteiger partial charge in [0.15, 0.2) is 0 Å². The lowest BCUT2D eigenvalue weighted by atomic mass is 10.0. The Morgan fingerprint density at radius 2 is 1.78 bits per heavy atom. The Labute approximate surface area is 154 Å². The van der Waals surface area contributed by atoms with E-state index in [-0.39, 0.29) is 12.1 Å². The minimum absolute atomic E-state index is 0.185. The van der Waals surface area contributed by atoms with Crippen molar-refractivity contribution in [2.75, 3.05) is 11.5 Å². The molecule has 0 amide bonds. The number of nitrogens with two attached hydrogens (primary N) is 2. The fraction of sp³-hybridized carbons (Fsp3) is 0.0476. The number of hydrogen-bond donors (Lipinski definition) is 2. The van der Waals surface area contributed by atoms with Crippen molar-refractivity contribution in [1.82, 2.24) is 9.78 Å². The van der Waals surface area contributed by atoms with E-state index in [1.807, 2.05) is 12.1 Å². The number of rotatable bonds is 3. The predicted molar refractivity (Wildman–Crippen MR) is 106 cm³/mol. The zero-order valence-corrected chi connectivity index (χ0v) is 14.4. The second-order valence-corrected chi connectivity index (χ2v) is 6.35. The van der Waals surface area contributed by atoms with Crippen LogP contribution < -0.4 is 17.0 Å². The minimum Gasteiger partial charge on any atom is -0.397 e.